The fourth-order valence-electron chi connectivity index (χ4n) is 3.41. The maximum absolute atomic E-state index is 11.9. The summed E-state index contributed by atoms with van der Waals surface area (Å²) in [5, 5.41) is 2.67. The normalized spacial score (nSPS) is 25.7. The lowest BCUT2D eigenvalue weighted by Gasteiger charge is -2.42. The first-order valence-corrected chi connectivity index (χ1v) is 6.80. The monoisotopic (exact) mass is 261 g/mol. The Kier molecular flexibility index (Phi) is 3.14. The molecule has 5 heteroatoms. The molecule has 1 N–H and O–H groups in total. The maximum Gasteiger partial charge on any atom is 0.250 e. The molecule has 19 heavy (non-hydrogen) atoms. The summed E-state index contributed by atoms with van der Waals surface area (Å²) in [7, 11) is 1.67. The number of rotatable bonds is 2. The maximum atomic E-state index is 11.9. The Hall–Kier alpha value is -1.62. The third kappa shape index (κ3) is 2.30. The standard InChI is InChI=1S/C14H19N3O2/c1-15-13(18)9-16-6-10-5-11(8-16)12-3-2-4-14(19)17(12)7-10/h2-4,10-11H,5-9H2,1H3,(H,15,18). The number of nitrogens with zero attached hydrogens (tertiary/aromatic N) is 2. The van der Waals surface area contributed by atoms with E-state index in [0.717, 1.165) is 31.7 Å². The summed E-state index contributed by atoms with van der Waals surface area (Å²) in [5.41, 5.74) is 1.23. The molecule has 3 heterocycles. The molecular formula is C14H19N3O2. The highest BCUT2D eigenvalue weighted by molar-refractivity contribution is 5.77. The lowest BCUT2D eigenvalue weighted by molar-refractivity contribution is -0.122. The highest BCUT2D eigenvalue weighted by Crippen LogP contribution is 2.34. The van der Waals surface area contributed by atoms with Crippen molar-refractivity contribution in [2.45, 2.75) is 18.9 Å². The number of piperidine rings is 1. The van der Waals surface area contributed by atoms with Crippen molar-refractivity contribution in [1.29, 1.82) is 0 Å². The summed E-state index contributed by atoms with van der Waals surface area (Å²) in [6.45, 7) is 3.02. The van der Waals surface area contributed by atoms with E-state index < -0.39 is 0 Å². The van der Waals surface area contributed by atoms with E-state index in [1.54, 1.807) is 13.1 Å². The number of pyridine rings is 1. The zero-order valence-electron chi connectivity index (χ0n) is 11.1. The van der Waals surface area contributed by atoms with E-state index in [1.165, 1.54) is 0 Å². The molecule has 1 amide bonds. The van der Waals surface area contributed by atoms with E-state index in [0.29, 0.717) is 18.4 Å². The molecule has 102 valence electrons. The van der Waals surface area contributed by atoms with E-state index in [9.17, 15) is 9.59 Å². The number of aromatic nitrogens is 1. The molecule has 3 rings (SSSR count). The molecule has 0 spiro atoms. The molecule has 1 aromatic heterocycles. The van der Waals surface area contributed by atoms with Crippen LogP contribution in [-0.4, -0.2) is 42.1 Å². The van der Waals surface area contributed by atoms with Gasteiger partial charge in [0.25, 0.3) is 5.56 Å². The number of carbonyl (C=O) groups is 1. The van der Waals surface area contributed by atoms with Crippen molar-refractivity contribution in [3.05, 3.63) is 34.2 Å². The molecule has 2 aliphatic heterocycles. The zero-order chi connectivity index (χ0) is 13.4. The summed E-state index contributed by atoms with van der Waals surface area (Å²) in [5.74, 6) is 0.924. The Labute approximate surface area is 112 Å². The van der Waals surface area contributed by atoms with Gasteiger partial charge in [-0.25, -0.2) is 0 Å². The smallest absolute Gasteiger partial charge is 0.250 e. The minimum Gasteiger partial charge on any atom is -0.358 e. The second-order valence-electron chi connectivity index (χ2n) is 5.57. The van der Waals surface area contributed by atoms with Crippen LogP contribution < -0.4 is 10.9 Å². The fraction of sp³-hybridized carbons (Fsp3) is 0.571. The molecular weight excluding hydrogens is 242 g/mol. The van der Waals surface area contributed by atoms with Crippen LogP contribution in [0.25, 0.3) is 0 Å². The zero-order valence-corrected chi connectivity index (χ0v) is 11.1. The second-order valence-corrected chi connectivity index (χ2v) is 5.57. The number of hydrogen-bond donors (Lipinski definition) is 1. The molecule has 1 aromatic rings. The first kappa shape index (κ1) is 12.4. The van der Waals surface area contributed by atoms with E-state index in [4.69, 9.17) is 0 Å². The first-order chi connectivity index (χ1) is 9.17. The van der Waals surface area contributed by atoms with Crippen molar-refractivity contribution in [3.63, 3.8) is 0 Å². The molecule has 2 atom stereocenters. The van der Waals surface area contributed by atoms with Crippen LogP contribution in [0.3, 0.4) is 0 Å². The van der Waals surface area contributed by atoms with Gasteiger partial charge in [-0.3, -0.25) is 14.5 Å². The summed E-state index contributed by atoms with van der Waals surface area (Å²) in [6.07, 6.45) is 1.13. The van der Waals surface area contributed by atoms with Crippen molar-refractivity contribution < 1.29 is 4.79 Å². The Morgan fingerprint density at radius 3 is 3.00 bits per heavy atom. The Morgan fingerprint density at radius 2 is 2.21 bits per heavy atom. The molecule has 0 aliphatic carbocycles. The van der Waals surface area contributed by atoms with E-state index in [-0.39, 0.29) is 11.5 Å². The van der Waals surface area contributed by atoms with Crippen LogP contribution >= 0.6 is 0 Å². The molecule has 0 radical (unpaired) electrons. The van der Waals surface area contributed by atoms with Crippen LogP contribution in [0, 0.1) is 5.92 Å². The number of hydrogen-bond acceptors (Lipinski definition) is 3. The van der Waals surface area contributed by atoms with Crippen molar-refractivity contribution in [2.24, 2.45) is 5.92 Å². The van der Waals surface area contributed by atoms with Gasteiger partial charge in [-0.1, -0.05) is 6.07 Å². The Morgan fingerprint density at radius 1 is 1.37 bits per heavy atom. The fourth-order valence-corrected chi connectivity index (χ4v) is 3.41. The highest BCUT2D eigenvalue weighted by atomic mass is 16.2. The van der Waals surface area contributed by atoms with Gasteiger partial charge in [0.1, 0.15) is 0 Å². The van der Waals surface area contributed by atoms with Crippen LogP contribution in [-0.2, 0) is 11.3 Å². The first-order valence-electron chi connectivity index (χ1n) is 6.80. The molecule has 5 nitrogen and oxygen atoms in total. The number of likely N-dealkylation sites (tertiary alicyclic amines) is 1. The van der Waals surface area contributed by atoms with Crippen LogP contribution in [0.2, 0.25) is 0 Å². The lowest BCUT2D eigenvalue weighted by atomic mass is 9.83. The highest BCUT2D eigenvalue weighted by Gasteiger charge is 2.34. The third-order valence-electron chi connectivity index (χ3n) is 4.20. The summed E-state index contributed by atoms with van der Waals surface area (Å²) in [4.78, 5) is 25.6. The Balaban J connectivity index is 1.84. The van der Waals surface area contributed by atoms with Crippen LogP contribution in [0.15, 0.2) is 23.0 Å². The Bertz CT molecular complexity index is 552. The van der Waals surface area contributed by atoms with Gasteiger partial charge in [-0.05, 0) is 18.4 Å². The van der Waals surface area contributed by atoms with E-state index >= 15 is 0 Å². The lowest BCUT2D eigenvalue weighted by Crippen LogP contribution is -2.49. The summed E-state index contributed by atoms with van der Waals surface area (Å²) >= 11 is 0. The predicted octanol–water partition coefficient (Wildman–Crippen LogP) is 0.0134. The average Bonchev–Trinajstić information content (AvgIpc) is 2.40. The van der Waals surface area contributed by atoms with Gasteiger partial charge in [0.2, 0.25) is 5.91 Å². The minimum absolute atomic E-state index is 0.0606. The van der Waals surface area contributed by atoms with Gasteiger partial charge in [0.15, 0.2) is 0 Å². The van der Waals surface area contributed by atoms with Gasteiger partial charge in [0.05, 0.1) is 6.54 Å². The van der Waals surface area contributed by atoms with Crippen LogP contribution in [0.4, 0.5) is 0 Å². The minimum atomic E-state index is 0.0606. The number of amides is 1. The molecule has 2 aliphatic rings. The van der Waals surface area contributed by atoms with Crippen molar-refractivity contribution in [2.75, 3.05) is 26.7 Å². The molecule has 1 fully saturated rings. The van der Waals surface area contributed by atoms with Crippen molar-refractivity contribution in [3.8, 4) is 0 Å². The van der Waals surface area contributed by atoms with Crippen LogP contribution in [0.1, 0.15) is 18.0 Å². The van der Waals surface area contributed by atoms with Gasteiger partial charge in [-0.15, -0.1) is 0 Å². The van der Waals surface area contributed by atoms with Crippen LogP contribution in [0.5, 0.6) is 0 Å². The largest absolute Gasteiger partial charge is 0.358 e. The number of fused-ring (bicyclic) bond motifs is 4. The van der Waals surface area contributed by atoms with Gasteiger partial charge >= 0.3 is 0 Å². The molecule has 0 saturated carbocycles. The SMILES string of the molecule is CNC(=O)CN1CC2CC(C1)c1cccc(=O)n1C2. The summed E-state index contributed by atoms with van der Waals surface area (Å²) in [6, 6.07) is 5.52. The second kappa shape index (κ2) is 4.81. The van der Waals surface area contributed by atoms with Gasteiger partial charge in [-0.2, -0.15) is 0 Å². The van der Waals surface area contributed by atoms with Crippen molar-refractivity contribution >= 4 is 5.91 Å². The molecule has 0 aromatic carbocycles. The van der Waals surface area contributed by atoms with Crippen molar-refractivity contribution in [1.82, 2.24) is 14.8 Å². The molecule has 2 bridgehead atoms. The quantitative estimate of drug-likeness (QED) is 0.816. The number of nitrogens with one attached hydrogen (secondary N) is 1. The summed E-state index contributed by atoms with van der Waals surface area (Å²) < 4.78 is 1.91. The van der Waals surface area contributed by atoms with Gasteiger partial charge in [0, 0.05) is 44.4 Å². The van der Waals surface area contributed by atoms with E-state index in [1.807, 2.05) is 16.7 Å². The third-order valence-corrected chi connectivity index (χ3v) is 4.20. The molecule has 2 unspecified atom stereocenters. The number of carbonyl (C=O) groups excluding carboxylic acids is 1. The predicted molar refractivity (Wildman–Crippen MR) is 72.1 cm³/mol. The topological polar surface area (TPSA) is 54.3 Å². The molecule has 1 saturated heterocycles. The average molecular weight is 261 g/mol. The van der Waals surface area contributed by atoms with Gasteiger partial charge < -0.3 is 9.88 Å². The van der Waals surface area contributed by atoms with E-state index in [2.05, 4.69) is 10.2 Å². The number of likely N-dealkylation sites (N-methyl/N-ethyl adjacent to an activating group) is 1.